The van der Waals surface area contributed by atoms with E-state index in [9.17, 15) is 4.39 Å². The molecule has 1 aromatic heterocycles. The van der Waals surface area contributed by atoms with Crippen LogP contribution in [0.3, 0.4) is 0 Å². The highest BCUT2D eigenvalue weighted by molar-refractivity contribution is 6.33. The molecule has 4 nitrogen and oxygen atoms in total. The standard InChI is InChI=1S/C14H17ClFN3O/c1-9(2)17-8-4-7-12-18-19-14(20-12)10-5-3-6-11(16)13(10)15/h3,5-6,9,17H,4,7-8H2,1-2H3. The van der Waals surface area contributed by atoms with E-state index in [4.69, 9.17) is 16.0 Å². The Morgan fingerprint density at radius 1 is 1.35 bits per heavy atom. The molecule has 0 unspecified atom stereocenters. The molecule has 6 heteroatoms. The Labute approximate surface area is 122 Å². The van der Waals surface area contributed by atoms with Crippen molar-refractivity contribution in [3.05, 3.63) is 34.9 Å². The summed E-state index contributed by atoms with van der Waals surface area (Å²) in [5.41, 5.74) is 0.422. The van der Waals surface area contributed by atoms with Crippen LogP contribution >= 0.6 is 11.6 Å². The third-order valence-electron chi connectivity index (χ3n) is 2.77. The van der Waals surface area contributed by atoms with Gasteiger partial charge in [-0.2, -0.15) is 0 Å². The van der Waals surface area contributed by atoms with Gasteiger partial charge in [0.15, 0.2) is 0 Å². The zero-order valence-corrected chi connectivity index (χ0v) is 12.2. The molecule has 0 fully saturated rings. The molecule has 0 aliphatic carbocycles. The van der Waals surface area contributed by atoms with E-state index >= 15 is 0 Å². The lowest BCUT2D eigenvalue weighted by molar-refractivity contribution is 0.483. The lowest BCUT2D eigenvalue weighted by Crippen LogP contribution is -2.23. The van der Waals surface area contributed by atoms with Gasteiger partial charge in [0.05, 0.1) is 10.6 Å². The maximum atomic E-state index is 13.4. The van der Waals surface area contributed by atoms with Gasteiger partial charge >= 0.3 is 0 Å². The molecule has 0 bridgehead atoms. The first kappa shape index (κ1) is 14.9. The molecule has 1 N–H and O–H groups in total. The highest BCUT2D eigenvalue weighted by Crippen LogP contribution is 2.28. The van der Waals surface area contributed by atoms with Gasteiger partial charge in [-0.3, -0.25) is 0 Å². The van der Waals surface area contributed by atoms with Gasteiger partial charge in [0.25, 0.3) is 0 Å². The van der Waals surface area contributed by atoms with Gasteiger partial charge in [0.1, 0.15) is 5.82 Å². The summed E-state index contributed by atoms with van der Waals surface area (Å²) in [5, 5.41) is 11.2. The Bertz CT molecular complexity index is 571. The first-order valence-corrected chi connectivity index (χ1v) is 6.96. The summed E-state index contributed by atoms with van der Waals surface area (Å²) in [5.74, 6) is 0.289. The van der Waals surface area contributed by atoms with Crippen molar-refractivity contribution >= 4 is 11.6 Å². The maximum Gasteiger partial charge on any atom is 0.249 e. The van der Waals surface area contributed by atoms with Gasteiger partial charge in [-0.15, -0.1) is 10.2 Å². The van der Waals surface area contributed by atoms with E-state index in [1.165, 1.54) is 6.07 Å². The molecule has 20 heavy (non-hydrogen) atoms. The van der Waals surface area contributed by atoms with Gasteiger partial charge in [0, 0.05) is 12.5 Å². The quantitative estimate of drug-likeness (QED) is 0.830. The Hall–Kier alpha value is -1.46. The van der Waals surface area contributed by atoms with E-state index in [-0.39, 0.29) is 10.9 Å². The van der Waals surface area contributed by atoms with Crippen molar-refractivity contribution in [2.75, 3.05) is 6.54 Å². The summed E-state index contributed by atoms with van der Waals surface area (Å²) >= 11 is 5.89. The molecule has 0 radical (unpaired) electrons. The second-order valence-electron chi connectivity index (χ2n) is 4.81. The number of halogens is 2. The van der Waals surface area contributed by atoms with Crippen LogP contribution in [0.25, 0.3) is 11.5 Å². The topological polar surface area (TPSA) is 51.0 Å². The Morgan fingerprint density at radius 2 is 2.15 bits per heavy atom. The van der Waals surface area contributed by atoms with E-state index in [1.54, 1.807) is 12.1 Å². The smallest absolute Gasteiger partial charge is 0.249 e. The van der Waals surface area contributed by atoms with Gasteiger partial charge < -0.3 is 9.73 Å². The normalized spacial score (nSPS) is 11.2. The summed E-state index contributed by atoms with van der Waals surface area (Å²) < 4.78 is 18.9. The fourth-order valence-corrected chi connectivity index (χ4v) is 1.97. The highest BCUT2D eigenvalue weighted by atomic mass is 35.5. The zero-order valence-electron chi connectivity index (χ0n) is 11.5. The predicted octanol–water partition coefficient (Wildman–Crippen LogP) is 3.46. The van der Waals surface area contributed by atoms with Crippen molar-refractivity contribution in [3.8, 4) is 11.5 Å². The molecule has 0 spiro atoms. The van der Waals surface area contributed by atoms with Crippen LogP contribution in [-0.2, 0) is 6.42 Å². The average molecular weight is 298 g/mol. The predicted molar refractivity (Wildman–Crippen MR) is 76.2 cm³/mol. The van der Waals surface area contributed by atoms with Crippen molar-refractivity contribution in [1.82, 2.24) is 15.5 Å². The number of hydrogen-bond donors (Lipinski definition) is 1. The second kappa shape index (κ2) is 6.81. The number of aryl methyl sites for hydroxylation is 1. The molecule has 2 aromatic rings. The molecule has 1 heterocycles. The summed E-state index contributed by atoms with van der Waals surface area (Å²) in [4.78, 5) is 0. The minimum atomic E-state index is -0.495. The van der Waals surface area contributed by atoms with Crippen LogP contribution in [0.5, 0.6) is 0 Å². The number of nitrogens with one attached hydrogen (secondary N) is 1. The van der Waals surface area contributed by atoms with E-state index in [2.05, 4.69) is 29.4 Å². The molecule has 0 atom stereocenters. The van der Waals surface area contributed by atoms with E-state index < -0.39 is 5.82 Å². The fraction of sp³-hybridized carbons (Fsp3) is 0.429. The summed E-state index contributed by atoms with van der Waals surface area (Å²) in [6, 6.07) is 4.97. The van der Waals surface area contributed by atoms with Gasteiger partial charge in [-0.05, 0) is 25.1 Å². The number of nitrogens with zero attached hydrogens (tertiary/aromatic N) is 2. The van der Waals surface area contributed by atoms with Gasteiger partial charge in [-0.25, -0.2) is 4.39 Å². The number of aromatic nitrogens is 2. The van der Waals surface area contributed by atoms with Crippen LogP contribution in [0.15, 0.2) is 22.6 Å². The molecule has 0 saturated carbocycles. The first-order valence-electron chi connectivity index (χ1n) is 6.58. The minimum Gasteiger partial charge on any atom is -0.421 e. The summed E-state index contributed by atoms with van der Waals surface area (Å²) in [6.07, 6.45) is 1.58. The Morgan fingerprint density at radius 3 is 2.90 bits per heavy atom. The Kier molecular flexibility index (Phi) is 5.09. The first-order chi connectivity index (χ1) is 9.58. The molecule has 0 amide bonds. The number of rotatable bonds is 6. The largest absolute Gasteiger partial charge is 0.421 e. The second-order valence-corrected chi connectivity index (χ2v) is 5.19. The third kappa shape index (κ3) is 3.77. The van der Waals surface area contributed by atoms with Crippen molar-refractivity contribution < 1.29 is 8.81 Å². The lowest BCUT2D eigenvalue weighted by Gasteiger charge is -2.05. The SMILES string of the molecule is CC(C)NCCCc1nnc(-c2cccc(F)c2Cl)o1. The van der Waals surface area contributed by atoms with Crippen molar-refractivity contribution in [3.63, 3.8) is 0 Å². The van der Waals surface area contributed by atoms with E-state index in [0.29, 0.717) is 23.9 Å². The van der Waals surface area contributed by atoms with Crippen LogP contribution < -0.4 is 5.32 Å². The van der Waals surface area contributed by atoms with Crippen LogP contribution in [0, 0.1) is 5.82 Å². The summed E-state index contributed by atoms with van der Waals surface area (Å²) in [6.45, 7) is 5.07. The number of benzene rings is 1. The molecule has 0 aliphatic rings. The molecule has 1 aromatic carbocycles. The highest BCUT2D eigenvalue weighted by Gasteiger charge is 2.14. The maximum absolute atomic E-state index is 13.4. The average Bonchev–Trinajstić information content (AvgIpc) is 2.86. The minimum absolute atomic E-state index is 0.00387. The summed E-state index contributed by atoms with van der Waals surface area (Å²) in [7, 11) is 0. The fourth-order valence-electron chi connectivity index (χ4n) is 1.76. The van der Waals surface area contributed by atoms with Crippen LogP contribution in [0.2, 0.25) is 5.02 Å². The number of hydrogen-bond acceptors (Lipinski definition) is 4. The van der Waals surface area contributed by atoms with Crippen LogP contribution in [-0.4, -0.2) is 22.8 Å². The molecular formula is C14H17ClFN3O. The molecule has 0 aliphatic heterocycles. The Balaban J connectivity index is 2.00. The molecule has 108 valence electrons. The van der Waals surface area contributed by atoms with Crippen molar-refractivity contribution in [1.29, 1.82) is 0 Å². The third-order valence-corrected chi connectivity index (χ3v) is 3.15. The van der Waals surface area contributed by atoms with E-state index in [0.717, 1.165) is 13.0 Å². The zero-order chi connectivity index (χ0) is 14.5. The molecule has 0 saturated heterocycles. The molecular weight excluding hydrogens is 281 g/mol. The monoisotopic (exact) mass is 297 g/mol. The van der Waals surface area contributed by atoms with Crippen molar-refractivity contribution in [2.24, 2.45) is 0 Å². The van der Waals surface area contributed by atoms with Crippen LogP contribution in [0.1, 0.15) is 26.2 Å². The molecule has 2 rings (SSSR count). The lowest BCUT2D eigenvalue weighted by atomic mass is 10.2. The van der Waals surface area contributed by atoms with Crippen molar-refractivity contribution in [2.45, 2.75) is 32.7 Å². The van der Waals surface area contributed by atoms with Gasteiger partial charge in [-0.1, -0.05) is 31.5 Å². The van der Waals surface area contributed by atoms with E-state index in [1.807, 2.05) is 0 Å². The van der Waals surface area contributed by atoms with Gasteiger partial charge in [0.2, 0.25) is 11.8 Å². The van der Waals surface area contributed by atoms with Crippen LogP contribution in [0.4, 0.5) is 4.39 Å².